The number of benzene rings is 1. The molecule has 1 aromatic carbocycles. The van der Waals surface area contributed by atoms with Crippen LogP contribution in [0.4, 0.5) is 0 Å². The molecule has 0 aromatic heterocycles. The number of methoxy groups -OCH3 is 2. The van der Waals surface area contributed by atoms with Crippen molar-refractivity contribution in [1.82, 2.24) is 0 Å². The molecule has 0 fully saturated rings. The Balaban J connectivity index is 3.14. The van der Waals surface area contributed by atoms with Crippen LogP contribution in [0, 0.1) is 0 Å². The smallest absolute Gasteiger partial charge is 0.165 e. The highest BCUT2D eigenvalue weighted by molar-refractivity contribution is 5.48. The normalized spacial score (nSPS) is 12.3. The third kappa shape index (κ3) is 1.97. The van der Waals surface area contributed by atoms with E-state index in [2.05, 4.69) is 0 Å². The summed E-state index contributed by atoms with van der Waals surface area (Å²) < 4.78 is 10.4. The molecule has 0 aliphatic carbocycles. The van der Waals surface area contributed by atoms with E-state index in [1.165, 1.54) is 0 Å². The maximum atomic E-state index is 5.83. The van der Waals surface area contributed by atoms with Gasteiger partial charge in [-0.2, -0.15) is 0 Å². The molecule has 0 amide bonds. The van der Waals surface area contributed by atoms with Crippen LogP contribution in [0.15, 0.2) is 18.2 Å². The highest BCUT2D eigenvalue weighted by Gasteiger charge is 2.13. The van der Waals surface area contributed by atoms with Crippen LogP contribution in [0.2, 0.25) is 0 Å². The molecule has 0 radical (unpaired) electrons. The Labute approximate surface area is 83.8 Å². The van der Waals surface area contributed by atoms with E-state index in [0.29, 0.717) is 18.0 Å². The third-order valence-electron chi connectivity index (χ3n) is 2.09. The van der Waals surface area contributed by atoms with Crippen molar-refractivity contribution in [2.75, 3.05) is 20.8 Å². The lowest BCUT2D eigenvalue weighted by Gasteiger charge is -2.16. The highest BCUT2D eigenvalue weighted by atomic mass is 16.5. The average molecular weight is 196 g/mol. The van der Waals surface area contributed by atoms with Crippen LogP contribution < -0.4 is 20.9 Å². The molecule has 4 nitrogen and oxygen atoms in total. The zero-order valence-corrected chi connectivity index (χ0v) is 8.49. The van der Waals surface area contributed by atoms with Crippen LogP contribution in [-0.2, 0) is 0 Å². The first-order chi connectivity index (χ1) is 6.74. The predicted octanol–water partition coefficient (Wildman–Crippen LogP) is 0.662. The second kappa shape index (κ2) is 4.83. The zero-order chi connectivity index (χ0) is 10.6. The quantitative estimate of drug-likeness (QED) is 0.742. The number of ether oxygens (including phenoxy) is 2. The molecule has 0 heterocycles. The molecule has 4 N–H and O–H groups in total. The van der Waals surface area contributed by atoms with Crippen LogP contribution in [0.1, 0.15) is 11.6 Å². The van der Waals surface area contributed by atoms with Crippen LogP contribution in [0.5, 0.6) is 11.5 Å². The molecule has 0 saturated heterocycles. The van der Waals surface area contributed by atoms with Crippen LogP contribution >= 0.6 is 0 Å². The lowest BCUT2D eigenvalue weighted by atomic mass is 10.1. The van der Waals surface area contributed by atoms with E-state index in [4.69, 9.17) is 20.9 Å². The van der Waals surface area contributed by atoms with E-state index in [1.54, 1.807) is 14.2 Å². The summed E-state index contributed by atoms with van der Waals surface area (Å²) in [4.78, 5) is 0. The maximum absolute atomic E-state index is 5.83. The van der Waals surface area contributed by atoms with E-state index in [1.807, 2.05) is 18.2 Å². The summed E-state index contributed by atoms with van der Waals surface area (Å²) in [7, 11) is 3.18. The van der Waals surface area contributed by atoms with Crippen molar-refractivity contribution in [3.63, 3.8) is 0 Å². The molecule has 4 heteroatoms. The van der Waals surface area contributed by atoms with Gasteiger partial charge in [-0.3, -0.25) is 0 Å². The summed E-state index contributed by atoms with van der Waals surface area (Å²) in [6.45, 7) is 0.378. The van der Waals surface area contributed by atoms with Gasteiger partial charge in [0.2, 0.25) is 0 Å². The molecule has 0 aliphatic heterocycles. The summed E-state index contributed by atoms with van der Waals surface area (Å²) in [6, 6.07) is 5.36. The van der Waals surface area contributed by atoms with Crippen LogP contribution in [0.25, 0.3) is 0 Å². The zero-order valence-electron chi connectivity index (χ0n) is 8.49. The number of hydrogen-bond donors (Lipinski definition) is 2. The molecule has 0 spiro atoms. The molecule has 0 aliphatic rings. The van der Waals surface area contributed by atoms with E-state index in [0.717, 1.165) is 5.56 Å². The molecule has 1 rings (SSSR count). The lowest BCUT2D eigenvalue weighted by molar-refractivity contribution is 0.349. The summed E-state index contributed by atoms with van der Waals surface area (Å²) in [5.41, 5.74) is 12.2. The molecule has 1 aromatic rings. The van der Waals surface area contributed by atoms with E-state index in [9.17, 15) is 0 Å². The Morgan fingerprint density at radius 3 is 2.50 bits per heavy atom. The molecule has 0 bridgehead atoms. The summed E-state index contributed by atoms with van der Waals surface area (Å²) in [5.74, 6) is 1.34. The molecule has 1 atom stereocenters. The maximum Gasteiger partial charge on any atom is 0.165 e. The van der Waals surface area contributed by atoms with Gasteiger partial charge in [-0.15, -0.1) is 0 Å². The predicted molar refractivity (Wildman–Crippen MR) is 55.5 cm³/mol. The van der Waals surface area contributed by atoms with Gasteiger partial charge in [-0.05, 0) is 6.07 Å². The monoisotopic (exact) mass is 196 g/mol. The van der Waals surface area contributed by atoms with Gasteiger partial charge in [0.1, 0.15) is 0 Å². The highest BCUT2D eigenvalue weighted by Crippen LogP contribution is 2.33. The summed E-state index contributed by atoms with van der Waals surface area (Å²) in [5, 5.41) is 0. The second-order valence-corrected chi connectivity index (χ2v) is 2.92. The number of hydrogen-bond acceptors (Lipinski definition) is 4. The first-order valence-corrected chi connectivity index (χ1v) is 4.41. The van der Waals surface area contributed by atoms with Gasteiger partial charge in [-0.25, -0.2) is 0 Å². The van der Waals surface area contributed by atoms with E-state index < -0.39 is 0 Å². The largest absolute Gasteiger partial charge is 0.493 e. The van der Waals surface area contributed by atoms with Crippen molar-refractivity contribution in [2.24, 2.45) is 11.5 Å². The molecular formula is C10H16N2O2. The van der Waals surface area contributed by atoms with Gasteiger partial charge in [0.25, 0.3) is 0 Å². The topological polar surface area (TPSA) is 70.5 Å². The fourth-order valence-electron chi connectivity index (χ4n) is 1.33. The number of para-hydroxylation sites is 1. The minimum absolute atomic E-state index is 0.222. The molecule has 0 saturated carbocycles. The Morgan fingerprint density at radius 2 is 2.00 bits per heavy atom. The Kier molecular flexibility index (Phi) is 3.73. The van der Waals surface area contributed by atoms with Crippen molar-refractivity contribution < 1.29 is 9.47 Å². The van der Waals surface area contributed by atoms with Crippen molar-refractivity contribution in [3.8, 4) is 11.5 Å². The molecule has 1 unspecified atom stereocenters. The van der Waals surface area contributed by atoms with Crippen molar-refractivity contribution in [2.45, 2.75) is 6.04 Å². The van der Waals surface area contributed by atoms with Gasteiger partial charge in [0, 0.05) is 18.2 Å². The van der Waals surface area contributed by atoms with Crippen molar-refractivity contribution in [1.29, 1.82) is 0 Å². The van der Waals surface area contributed by atoms with Gasteiger partial charge in [-0.1, -0.05) is 12.1 Å². The number of rotatable bonds is 4. The SMILES string of the molecule is COc1cccc(C(N)CN)c1OC. The fourth-order valence-corrected chi connectivity index (χ4v) is 1.33. The Bertz CT molecular complexity index is 302. The van der Waals surface area contributed by atoms with Gasteiger partial charge < -0.3 is 20.9 Å². The molecular weight excluding hydrogens is 180 g/mol. The summed E-state index contributed by atoms with van der Waals surface area (Å²) >= 11 is 0. The summed E-state index contributed by atoms with van der Waals surface area (Å²) in [6.07, 6.45) is 0. The van der Waals surface area contributed by atoms with Gasteiger partial charge in [0.05, 0.1) is 14.2 Å². The van der Waals surface area contributed by atoms with Crippen molar-refractivity contribution >= 4 is 0 Å². The Hall–Kier alpha value is -1.26. The van der Waals surface area contributed by atoms with Gasteiger partial charge in [0.15, 0.2) is 11.5 Å². The first-order valence-electron chi connectivity index (χ1n) is 4.41. The van der Waals surface area contributed by atoms with Crippen LogP contribution in [-0.4, -0.2) is 20.8 Å². The first kappa shape index (κ1) is 10.8. The minimum Gasteiger partial charge on any atom is -0.493 e. The van der Waals surface area contributed by atoms with E-state index in [-0.39, 0.29) is 6.04 Å². The minimum atomic E-state index is -0.222. The Morgan fingerprint density at radius 1 is 1.29 bits per heavy atom. The molecule has 78 valence electrons. The standard InChI is InChI=1S/C10H16N2O2/c1-13-9-5-3-4-7(8(12)6-11)10(9)14-2/h3-5,8H,6,11-12H2,1-2H3. The van der Waals surface area contributed by atoms with E-state index >= 15 is 0 Å². The number of nitrogens with two attached hydrogens (primary N) is 2. The average Bonchev–Trinajstić information content (AvgIpc) is 2.26. The lowest BCUT2D eigenvalue weighted by Crippen LogP contribution is -2.21. The van der Waals surface area contributed by atoms with Crippen LogP contribution in [0.3, 0.4) is 0 Å². The molecule has 14 heavy (non-hydrogen) atoms. The third-order valence-corrected chi connectivity index (χ3v) is 2.09. The van der Waals surface area contributed by atoms with Gasteiger partial charge >= 0.3 is 0 Å². The van der Waals surface area contributed by atoms with Crippen molar-refractivity contribution in [3.05, 3.63) is 23.8 Å². The second-order valence-electron chi connectivity index (χ2n) is 2.92. The fraction of sp³-hybridized carbons (Fsp3) is 0.400.